The maximum Gasteiger partial charge on any atom is 0.293 e. The van der Waals surface area contributed by atoms with Crippen LogP contribution in [0.3, 0.4) is 0 Å². The standard InChI is InChI=1S/C21H22BrN5O2/c22-17-8-6-16(7-9-17)18-12-19-21(29)26(24-14-27(19)25-18)13-20(28)23-11-10-15-4-2-1-3-5-15/h4,6-9,12,14H,1-3,5,10-11,13H2,(H,23,28). The van der Waals surface area contributed by atoms with E-state index in [1.807, 2.05) is 24.3 Å². The summed E-state index contributed by atoms with van der Waals surface area (Å²) in [5, 5.41) is 11.4. The highest BCUT2D eigenvalue weighted by Crippen LogP contribution is 2.21. The van der Waals surface area contributed by atoms with E-state index in [1.165, 1.54) is 33.9 Å². The highest BCUT2D eigenvalue weighted by molar-refractivity contribution is 9.10. The van der Waals surface area contributed by atoms with E-state index in [0.29, 0.717) is 17.8 Å². The largest absolute Gasteiger partial charge is 0.354 e. The predicted octanol–water partition coefficient (Wildman–Crippen LogP) is 3.33. The quantitative estimate of drug-likeness (QED) is 0.577. The Hall–Kier alpha value is -2.74. The van der Waals surface area contributed by atoms with E-state index in [9.17, 15) is 9.59 Å². The van der Waals surface area contributed by atoms with E-state index in [1.54, 1.807) is 6.07 Å². The minimum Gasteiger partial charge on any atom is -0.354 e. The van der Waals surface area contributed by atoms with E-state index in [0.717, 1.165) is 29.3 Å². The topological polar surface area (TPSA) is 81.3 Å². The maximum absolute atomic E-state index is 12.7. The molecule has 1 aliphatic carbocycles. The zero-order valence-corrected chi connectivity index (χ0v) is 17.6. The lowest BCUT2D eigenvalue weighted by atomic mass is 9.97. The van der Waals surface area contributed by atoms with Gasteiger partial charge in [0.2, 0.25) is 5.91 Å². The van der Waals surface area contributed by atoms with Crippen molar-refractivity contribution in [3.05, 3.63) is 63.1 Å². The molecule has 8 heteroatoms. The SMILES string of the molecule is O=C(Cn1ncn2nc(-c3ccc(Br)cc3)cc2c1=O)NCCC1=CCCCC1. The van der Waals surface area contributed by atoms with Crippen LogP contribution < -0.4 is 10.9 Å². The zero-order valence-electron chi connectivity index (χ0n) is 16.0. The number of hydrogen-bond donors (Lipinski definition) is 1. The Morgan fingerprint density at radius 2 is 2.03 bits per heavy atom. The number of rotatable bonds is 6. The molecule has 1 amide bonds. The third-order valence-corrected chi connectivity index (χ3v) is 5.61. The predicted molar refractivity (Wildman–Crippen MR) is 115 cm³/mol. The second kappa shape index (κ2) is 8.73. The third-order valence-electron chi connectivity index (χ3n) is 5.08. The van der Waals surface area contributed by atoms with Crippen LogP contribution >= 0.6 is 15.9 Å². The molecule has 0 fully saturated rings. The van der Waals surface area contributed by atoms with Crippen molar-refractivity contribution >= 4 is 27.4 Å². The lowest BCUT2D eigenvalue weighted by molar-refractivity contribution is -0.121. The van der Waals surface area contributed by atoms with E-state index < -0.39 is 0 Å². The van der Waals surface area contributed by atoms with Crippen molar-refractivity contribution in [1.29, 1.82) is 0 Å². The summed E-state index contributed by atoms with van der Waals surface area (Å²) in [7, 11) is 0. The number of halogens is 1. The van der Waals surface area contributed by atoms with Crippen LogP contribution in [0.15, 0.2) is 57.6 Å². The van der Waals surface area contributed by atoms with E-state index in [2.05, 4.69) is 37.5 Å². The van der Waals surface area contributed by atoms with Gasteiger partial charge in [0, 0.05) is 16.6 Å². The molecule has 0 radical (unpaired) electrons. The van der Waals surface area contributed by atoms with Crippen LogP contribution in [0.5, 0.6) is 0 Å². The summed E-state index contributed by atoms with van der Waals surface area (Å²) in [6.45, 7) is 0.481. The van der Waals surface area contributed by atoms with Crippen LogP contribution in [0.2, 0.25) is 0 Å². The number of nitrogens with one attached hydrogen (secondary N) is 1. The normalized spacial score (nSPS) is 14.0. The third kappa shape index (κ3) is 4.64. The average Bonchev–Trinajstić information content (AvgIpc) is 3.17. The summed E-state index contributed by atoms with van der Waals surface area (Å²) in [6, 6.07) is 9.41. The second-order valence-electron chi connectivity index (χ2n) is 7.17. The van der Waals surface area contributed by atoms with E-state index in [4.69, 9.17) is 0 Å². The number of carbonyl (C=O) groups is 1. The fraction of sp³-hybridized carbons (Fsp3) is 0.333. The van der Waals surface area contributed by atoms with Gasteiger partial charge in [-0.15, -0.1) is 0 Å². The minimum absolute atomic E-state index is 0.104. The van der Waals surface area contributed by atoms with Crippen molar-refractivity contribution in [3.8, 4) is 11.3 Å². The Bertz CT molecular complexity index is 1110. The molecule has 2 heterocycles. The average molecular weight is 456 g/mol. The molecule has 29 heavy (non-hydrogen) atoms. The van der Waals surface area contributed by atoms with Crippen molar-refractivity contribution in [1.82, 2.24) is 24.7 Å². The van der Waals surface area contributed by atoms with Gasteiger partial charge >= 0.3 is 0 Å². The molecule has 0 saturated carbocycles. The fourth-order valence-corrected chi connectivity index (χ4v) is 3.76. The van der Waals surface area contributed by atoms with Gasteiger partial charge in [0.25, 0.3) is 5.56 Å². The smallest absolute Gasteiger partial charge is 0.293 e. The Labute approximate surface area is 176 Å². The molecule has 1 aliphatic rings. The number of allylic oxidation sites excluding steroid dienone is 1. The number of aromatic nitrogens is 4. The summed E-state index contributed by atoms with van der Waals surface area (Å²) < 4.78 is 3.60. The van der Waals surface area contributed by atoms with Crippen LogP contribution in [-0.4, -0.2) is 31.8 Å². The molecular weight excluding hydrogens is 434 g/mol. The molecule has 1 N–H and O–H groups in total. The number of carbonyl (C=O) groups excluding carboxylic acids is 1. The Morgan fingerprint density at radius 3 is 2.79 bits per heavy atom. The first-order chi connectivity index (χ1) is 14.1. The van der Waals surface area contributed by atoms with Gasteiger partial charge in [-0.1, -0.05) is 39.7 Å². The molecule has 0 unspecified atom stereocenters. The maximum atomic E-state index is 12.7. The molecule has 0 saturated heterocycles. The van der Waals surface area contributed by atoms with Crippen LogP contribution in [0.1, 0.15) is 32.1 Å². The van der Waals surface area contributed by atoms with Gasteiger partial charge < -0.3 is 5.32 Å². The van der Waals surface area contributed by atoms with Crippen LogP contribution in [0, 0.1) is 0 Å². The molecule has 0 bridgehead atoms. The molecule has 150 valence electrons. The minimum atomic E-state index is -0.339. The number of amides is 1. The van der Waals surface area contributed by atoms with Gasteiger partial charge in [-0.2, -0.15) is 10.2 Å². The van der Waals surface area contributed by atoms with Crippen LogP contribution in [0.25, 0.3) is 16.8 Å². The highest BCUT2D eigenvalue weighted by Gasteiger charge is 2.12. The highest BCUT2D eigenvalue weighted by atomic mass is 79.9. The first-order valence-corrected chi connectivity index (χ1v) is 10.6. The van der Waals surface area contributed by atoms with Crippen molar-refractivity contribution in [3.63, 3.8) is 0 Å². The Kier molecular flexibility index (Phi) is 5.89. The lowest BCUT2D eigenvalue weighted by Crippen LogP contribution is -2.34. The van der Waals surface area contributed by atoms with E-state index >= 15 is 0 Å². The fourth-order valence-electron chi connectivity index (χ4n) is 3.50. The molecule has 1 aromatic carbocycles. The second-order valence-corrected chi connectivity index (χ2v) is 8.08. The van der Waals surface area contributed by atoms with Gasteiger partial charge in [-0.25, -0.2) is 9.20 Å². The first-order valence-electron chi connectivity index (χ1n) is 9.76. The van der Waals surface area contributed by atoms with Gasteiger partial charge in [0.15, 0.2) is 0 Å². The summed E-state index contributed by atoms with van der Waals surface area (Å²) in [6.07, 6.45) is 9.34. The number of benzene rings is 1. The molecule has 2 aromatic heterocycles. The number of hydrogen-bond acceptors (Lipinski definition) is 4. The molecule has 0 spiro atoms. The van der Waals surface area contributed by atoms with Gasteiger partial charge in [-0.05, 0) is 50.3 Å². The first kappa shape index (κ1) is 19.6. The lowest BCUT2D eigenvalue weighted by Gasteiger charge is -2.13. The number of fused-ring (bicyclic) bond motifs is 1. The summed E-state index contributed by atoms with van der Waals surface area (Å²) >= 11 is 3.41. The molecule has 3 aromatic rings. The Balaban J connectivity index is 1.44. The summed E-state index contributed by atoms with van der Waals surface area (Å²) in [4.78, 5) is 25.0. The zero-order chi connectivity index (χ0) is 20.2. The number of nitrogens with zero attached hydrogens (tertiary/aromatic N) is 4. The van der Waals surface area contributed by atoms with Crippen LogP contribution in [-0.2, 0) is 11.3 Å². The van der Waals surface area contributed by atoms with Crippen molar-refractivity contribution in [2.45, 2.75) is 38.6 Å². The Morgan fingerprint density at radius 1 is 1.21 bits per heavy atom. The molecule has 0 atom stereocenters. The van der Waals surface area contributed by atoms with Gasteiger partial charge in [0.1, 0.15) is 18.4 Å². The molecule has 4 rings (SSSR count). The summed E-state index contributed by atoms with van der Waals surface area (Å²) in [5.74, 6) is -0.215. The van der Waals surface area contributed by atoms with Gasteiger partial charge in [-0.3, -0.25) is 9.59 Å². The van der Waals surface area contributed by atoms with Crippen molar-refractivity contribution < 1.29 is 4.79 Å². The van der Waals surface area contributed by atoms with E-state index in [-0.39, 0.29) is 18.0 Å². The summed E-state index contributed by atoms with van der Waals surface area (Å²) in [5.41, 5.74) is 3.04. The monoisotopic (exact) mass is 455 g/mol. The van der Waals surface area contributed by atoms with Gasteiger partial charge in [0.05, 0.1) is 5.69 Å². The van der Waals surface area contributed by atoms with Crippen molar-refractivity contribution in [2.24, 2.45) is 0 Å². The molecule has 7 nitrogen and oxygen atoms in total. The molecular formula is C21H22BrN5O2. The molecule has 0 aliphatic heterocycles. The van der Waals surface area contributed by atoms with Crippen LogP contribution in [0.4, 0.5) is 0 Å². The van der Waals surface area contributed by atoms with Crippen molar-refractivity contribution in [2.75, 3.05) is 6.54 Å².